The van der Waals surface area contributed by atoms with Crippen molar-refractivity contribution >= 4 is 22.5 Å². The van der Waals surface area contributed by atoms with Crippen LogP contribution in [0.3, 0.4) is 0 Å². The van der Waals surface area contributed by atoms with Gasteiger partial charge in [-0.15, -0.1) is 0 Å². The monoisotopic (exact) mass is 300 g/mol. The summed E-state index contributed by atoms with van der Waals surface area (Å²) >= 11 is 0. The number of benzene rings is 1. The minimum atomic E-state index is -0.863. The van der Waals surface area contributed by atoms with E-state index in [4.69, 9.17) is 4.74 Å². The van der Waals surface area contributed by atoms with Crippen molar-refractivity contribution in [2.45, 2.75) is 6.92 Å². The maximum Gasteiger partial charge on any atom is 0.344 e. The summed E-state index contributed by atoms with van der Waals surface area (Å²) in [6.07, 6.45) is 0. The highest BCUT2D eigenvalue weighted by Gasteiger charge is 2.22. The Kier molecular flexibility index (Phi) is 3.17. The molecule has 0 saturated carbocycles. The Morgan fingerprint density at radius 2 is 2.05 bits per heavy atom. The Labute approximate surface area is 123 Å². The lowest BCUT2D eigenvalue weighted by molar-refractivity contribution is 0.0525. The molecule has 3 rings (SSSR count). The minimum Gasteiger partial charge on any atom is -0.507 e. The summed E-state index contributed by atoms with van der Waals surface area (Å²) in [6, 6.07) is 7.57. The number of fused-ring (bicyclic) bond motifs is 3. The Balaban J connectivity index is 2.59. The minimum absolute atomic E-state index is 0.0784. The molecule has 3 aromatic rings. The summed E-state index contributed by atoms with van der Waals surface area (Å²) in [4.78, 5) is 39.1. The molecule has 0 spiro atoms. The summed E-state index contributed by atoms with van der Waals surface area (Å²) in [5, 5.41) is 9.92. The Morgan fingerprint density at radius 1 is 1.32 bits per heavy atom. The zero-order valence-corrected chi connectivity index (χ0v) is 11.6. The number of aromatic amines is 1. The lowest BCUT2D eigenvalue weighted by Crippen LogP contribution is -2.25. The maximum absolute atomic E-state index is 12.3. The average Bonchev–Trinajstić information content (AvgIpc) is 2.47. The van der Waals surface area contributed by atoms with E-state index in [-0.39, 0.29) is 17.7 Å². The number of rotatable bonds is 2. The van der Waals surface area contributed by atoms with Crippen molar-refractivity contribution in [2.24, 2.45) is 0 Å². The fourth-order valence-corrected chi connectivity index (χ4v) is 2.41. The Hall–Kier alpha value is -3.09. The van der Waals surface area contributed by atoms with E-state index in [0.717, 1.165) is 10.5 Å². The predicted octanol–water partition coefficient (Wildman–Crippen LogP) is 1.02. The quantitative estimate of drug-likeness (QED) is 0.543. The number of H-pyrrole nitrogens is 1. The molecule has 2 N–H and O–H groups in total. The van der Waals surface area contributed by atoms with Crippen LogP contribution in [-0.4, -0.2) is 27.1 Å². The summed E-state index contributed by atoms with van der Waals surface area (Å²) < 4.78 is 5.95. The van der Waals surface area contributed by atoms with Crippen LogP contribution >= 0.6 is 0 Å². The van der Waals surface area contributed by atoms with Gasteiger partial charge in [-0.1, -0.05) is 12.1 Å². The van der Waals surface area contributed by atoms with Gasteiger partial charge in [-0.2, -0.15) is 0 Å². The normalized spacial score (nSPS) is 11.0. The van der Waals surface area contributed by atoms with E-state index in [2.05, 4.69) is 4.98 Å². The first-order chi connectivity index (χ1) is 10.5. The van der Waals surface area contributed by atoms with Crippen molar-refractivity contribution in [3.8, 4) is 5.75 Å². The van der Waals surface area contributed by atoms with Crippen molar-refractivity contribution in [1.29, 1.82) is 0 Å². The lowest BCUT2D eigenvalue weighted by atomic mass is 10.2. The van der Waals surface area contributed by atoms with Crippen LogP contribution in [0.4, 0.5) is 0 Å². The summed E-state index contributed by atoms with van der Waals surface area (Å²) in [5.74, 6) is -1.44. The van der Waals surface area contributed by atoms with E-state index in [0.29, 0.717) is 11.0 Å². The largest absolute Gasteiger partial charge is 0.507 e. The van der Waals surface area contributed by atoms with Gasteiger partial charge in [0.05, 0.1) is 17.6 Å². The van der Waals surface area contributed by atoms with Crippen LogP contribution in [0.25, 0.3) is 16.6 Å². The molecule has 7 nitrogen and oxygen atoms in total. The van der Waals surface area contributed by atoms with Gasteiger partial charge < -0.3 is 14.8 Å². The molecule has 0 bridgehead atoms. The fraction of sp³-hybridized carbons (Fsp3) is 0.133. The van der Waals surface area contributed by atoms with E-state index in [1.54, 1.807) is 31.2 Å². The molecule has 0 atom stereocenters. The molecule has 0 saturated heterocycles. The second-order valence-corrected chi connectivity index (χ2v) is 4.62. The van der Waals surface area contributed by atoms with Crippen LogP contribution in [0, 0.1) is 0 Å². The molecule has 7 heteroatoms. The summed E-state index contributed by atoms with van der Waals surface area (Å²) in [6.45, 7) is 1.68. The third kappa shape index (κ3) is 1.95. The third-order valence-corrected chi connectivity index (χ3v) is 3.28. The third-order valence-electron chi connectivity index (χ3n) is 3.28. The number of hydrogen-bond donors (Lipinski definition) is 2. The lowest BCUT2D eigenvalue weighted by Gasteiger charge is -2.10. The molecular formula is C15H12N2O5. The second-order valence-electron chi connectivity index (χ2n) is 4.62. The molecule has 1 aromatic carbocycles. The van der Waals surface area contributed by atoms with Crippen molar-refractivity contribution < 1.29 is 14.6 Å². The van der Waals surface area contributed by atoms with E-state index < -0.39 is 22.8 Å². The van der Waals surface area contributed by atoms with E-state index in [1.807, 2.05) is 0 Å². The Morgan fingerprint density at radius 3 is 2.77 bits per heavy atom. The van der Waals surface area contributed by atoms with Crippen molar-refractivity contribution in [3.05, 3.63) is 56.6 Å². The number of aromatic hydroxyl groups is 1. The molecule has 0 unspecified atom stereocenters. The van der Waals surface area contributed by atoms with Gasteiger partial charge in [0.25, 0.3) is 11.1 Å². The first kappa shape index (κ1) is 13.9. The smallest absolute Gasteiger partial charge is 0.344 e. The number of aromatic nitrogens is 2. The van der Waals surface area contributed by atoms with Gasteiger partial charge in [0.1, 0.15) is 16.8 Å². The van der Waals surface area contributed by atoms with Gasteiger partial charge in [-0.05, 0) is 19.1 Å². The summed E-state index contributed by atoms with van der Waals surface area (Å²) in [7, 11) is 0. The SMILES string of the molecule is CCOC(=O)c1c(O)cc(=O)n2c1c(=O)[nH]c1ccccc12. The number of carbonyl (C=O) groups excluding carboxylic acids is 1. The molecule has 0 amide bonds. The number of esters is 1. The van der Waals surface area contributed by atoms with E-state index in [1.165, 1.54) is 0 Å². The topological polar surface area (TPSA) is 101 Å². The molecule has 0 aliphatic heterocycles. The highest BCUT2D eigenvalue weighted by Crippen LogP contribution is 2.21. The van der Waals surface area contributed by atoms with Crippen molar-refractivity contribution in [1.82, 2.24) is 9.38 Å². The van der Waals surface area contributed by atoms with E-state index in [9.17, 15) is 19.5 Å². The van der Waals surface area contributed by atoms with E-state index >= 15 is 0 Å². The highest BCUT2D eigenvalue weighted by molar-refractivity contribution is 6.00. The van der Waals surface area contributed by atoms with Gasteiger partial charge in [0.15, 0.2) is 0 Å². The molecule has 2 heterocycles. The van der Waals surface area contributed by atoms with Gasteiger partial charge in [0.2, 0.25) is 0 Å². The number of carbonyl (C=O) groups is 1. The second kappa shape index (κ2) is 5.03. The fourth-order valence-electron chi connectivity index (χ4n) is 2.41. The molecule has 2 aromatic heterocycles. The summed E-state index contributed by atoms with van der Waals surface area (Å²) in [5.41, 5.74) is -0.955. The number of hydrogen-bond acceptors (Lipinski definition) is 5. The van der Waals surface area contributed by atoms with Crippen molar-refractivity contribution in [2.75, 3.05) is 6.61 Å². The molecule has 0 radical (unpaired) electrons. The number of ether oxygens (including phenoxy) is 1. The van der Waals surface area contributed by atoms with Crippen LogP contribution in [0.1, 0.15) is 17.3 Å². The van der Waals surface area contributed by atoms with Crippen LogP contribution in [0.2, 0.25) is 0 Å². The standard InChI is InChI=1S/C15H12N2O5/c1-2-22-15(21)12-10(18)7-11(19)17-9-6-4-3-5-8(9)16-14(20)13(12)17/h3-7,18H,2H2,1H3,(H,16,20). The average molecular weight is 300 g/mol. The van der Waals surface area contributed by atoms with Crippen molar-refractivity contribution in [3.63, 3.8) is 0 Å². The molecule has 0 aliphatic rings. The van der Waals surface area contributed by atoms with Gasteiger partial charge in [-0.25, -0.2) is 4.79 Å². The number of nitrogens with one attached hydrogen (secondary N) is 1. The molecule has 22 heavy (non-hydrogen) atoms. The van der Waals surface area contributed by atoms with Gasteiger partial charge in [-0.3, -0.25) is 14.0 Å². The highest BCUT2D eigenvalue weighted by atomic mass is 16.5. The van der Waals surface area contributed by atoms with Gasteiger partial charge >= 0.3 is 5.97 Å². The number of para-hydroxylation sites is 2. The predicted molar refractivity (Wildman–Crippen MR) is 79.4 cm³/mol. The van der Waals surface area contributed by atoms with Crippen LogP contribution in [-0.2, 0) is 4.74 Å². The van der Waals surface area contributed by atoms with Crippen LogP contribution in [0.5, 0.6) is 5.75 Å². The zero-order valence-electron chi connectivity index (χ0n) is 11.6. The molecular weight excluding hydrogens is 288 g/mol. The number of nitrogens with zero attached hydrogens (tertiary/aromatic N) is 1. The van der Waals surface area contributed by atoms with Crippen LogP contribution in [0.15, 0.2) is 39.9 Å². The number of pyridine rings is 1. The zero-order chi connectivity index (χ0) is 15.9. The molecule has 112 valence electrons. The first-order valence-corrected chi connectivity index (χ1v) is 6.61. The maximum atomic E-state index is 12.3. The van der Waals surface area contributed by atoms with Gasteiger partial charge in [0, 0.05) is 6.07 Å². The molecule has 0 fully saturated rings. The molecule has 0 aliphatic carbocycles. The Bertz CT molecular complexity index is 1020. The van der Waals surface area contributed by atoms with Crippen LogP contribution < -0.4 is 11.1 Å². The first-order valence-electron chi connectivity index (χ1n) is 6.61.